The lowest BCUT2D eigenvalue weighted by Crippen LogP contribution is -2.23. The van der Waals surface area contributed by atoms with Gasteiger partial charge in [-0.3, -0.25) is 9.36 Å². The van der Waals surface area contributed by atoms with E-state index in [1.54, 1.807) is 6.92 Å². The molecule has 31 heavy (non-hydrogen) atoms. The summed E-state index contributed by atoms with van der Waals surface area (Å²) in [6.45, 7) is 1.72. The molecule has 0 spiro atoms. The van der Waals surface area contributed by atoms with Crippen LogP contribution in [0.15, 0.2) is 53.8 Å². The van der Waals surface area contributed by atoms with Crippen LogP contribution in [-0.4, -0.2) is 30.9 Å². The number of aromatic nitrogens is 4. The molecule has 158 valence electrons. The highest BCUT2D eigenvalue weighted by Gasteiger charge is 2.32. The van der Waals surface area contributed by atoms with Crippen molar-refractivity contribution in [2.75, 3.05) is 5.32 Å². The van der Waals surface area contributed by atoms with Crippen molar-refractivity contribution in [1.82, 2.24) is 19.7 Å². The molecule has 0 saturated heterocycles. The van der Waals surface area contributed by atoms with E-state index in [1.165, 1.54) is 17.8 Å². The Bertz CT molecular complexity index is 1280. The van der Waals surface area contributed by atoms with Crippen molar-refractivity contribution in [3.8, 4) is 11.4 Å². The molecule has 0 bridgehead atoms. The number of benzene rings is 2. The van der Waals surface area contributed by atoms with Gasteiger partial charge in [0.2, 0.25) is 5.91 Å². The van der Waals surface area contributed by atoms with Crippen LogP contribution in [0.5, 0.6) is 0 Å². The standard InChI is InChI=1S/C22H19F2N5OS/c1-12(21(30)26-19-9-6-13(23)10-17(19)24)31-22-28-27-20(29(22)14-7-8-14)16-11-25-18-5-3-2-4-15(16)18/h2-6,9-12,14,25H,7-8H2,1H3,(H,26,30)/t12-/m1/s1. The average molecular weight is 439 g/mol. The van der Waals surface area contributed by atoms with Crippen LogP contribution >= 0.6 is 11.8 Å². The summed E-state index contributed by atoms with van der Waals surface area (Å²) in [6.07, 6.45) is 3.99. The summed E-state index contributed by atoms with van der Waals surface area (Å²) in [5, 5.41) is 12.5. The van der Waals surface area contributed by atoms with E-state index in [9.17, 15) is 13.6 Å². The summed E-state index contributed by atoms with van der Waals surface area (Å²) < 4.78 is 29.1. The minimum absolute atomic E-state index is 0.0537. The molecule has 9 heteroatoms. The van der Waals surface area contributed by atoms with Gasteiger partial charge in [0.25, 0.3) is 0 Å². The van der Waals surface area contributed by atoms with Gasteiger partial charge in [0.1, 0.15) is 11.6 Å². The SMILES string of the molecule is C[C@@H](Sc1nnc(-c2c[nH]c3ccccc23)n1C1CC1)C(=O)Nc1ccc(F)cc1F. The molecule has 4 aromatic rings. The van der Waals surface area contributed by atoms with Crippen LogP contribution in [0.1, 0.15) is 25.8 Å². The normalized spacial score (nSPS) is 14.7. The first-order chi connectivity index (χ1) is 15.0. The number of carbonyl (C=O) groups is 1. The van der Waals surface area contributed by atoms with E-state index in [2.05, 4.69) is 25.1 Å². The maximum absolute atomic E-state index is 13.9. The Hall–Kier alpha value is -3.20. The fourth-order valence-corrected chi connectivity index (χ4v) is 4.42. The predicted molar refractivity (Wildman–Crippen MR) is 116 cm³/mol. The van der Waals surface area contributed by atoms with Gasteiger partial charge < -0.3 is 10.3 Å². The first kappa shape index (κ1) is 19.7. The van der Waals surface area contributed by atoms with Crippen LogP contribution in [0.2, 0.25) is 0 Å². The molecule has 2 aromatic heterocycles. The van der Waals surface area contributed by atoms with Gasteiger partial charge in [0, 0.05) is 34.8 Å². The van der Waals surface area contributed by atoms with E-state index >= 15 is 0 Å². The van der Waals surface area contributed by atoms with Crippen LogP contribution < -0.4 is 5.32 Å². The van der Waals surface area contributed by atoms with E-state index in [0.29, 0.717) is 11.2 Å². The molecule has 2 N–H and O–H groups in total. The van der Waals surface area contributed by atoms with Crippen molar-refractivity contribution in [2.24, 2.45) is 0 Å². The third kappa shape index (κ3) is 3.81. The van der Waals surface area contributed by atoms with Gasteiger partial charge in [-0.05, 0) is 38.0 Å². The average Bonchev–Trinajstić information content (AvgIpc) is 3.37. The fourth-order valence-electron chi connectivity index (χ4n) is 3.50. The first-order valence-corrected chi connectivity index (χ1v) is 10.8. The van der Waals surface area contributed by atoms with Crippen molar-refractivity contribution in [2.45, 2.75) is 36.2 Å². The number of halogens is 2. The zero-order valence-corrected chi connectivity index (χ0v) is 17.4. The molecule has 6 nitrogen and oxygen atoms in total. The molecule has 0 unspecified atom stereocenters. The number of para-hydroxylation sites is 1. The molecule has 0 aliphatic heterocycles. The van der Waals surface area contributed by atoms with Crippen molar-refractivity contribution in [3.05, 3.63) is 60.3 Å². The second kappa shape index (κ2) is 7.81. The summed E-state index contributed by atoms with van der Waals surface area (Å²) in [6, 6.07) is 11.3. The van der Waals surface area contributed by atoms with Gasteiger partial charge in [-0.25, -0.2) is 8.78 Å². The number of fused-ring (bicyclic) bond motifs is 1. The number of thioether (sulfide) groups is 1. The molecule has 5 rings (SSSR count). The van der Waals surface area contributed by atoms with Crippen LogP contribution in [0.4, 0.5) is 14.5 Å². The van der Waals surface area contributed by atoms with Gasteiger partial charge >= 0.3 is 0 Å². The lowest BCUT2D eigenvalue weighted by atomic mass is 10.1. The van der Waals surface area contributed by atoms with Crippen LogP contribution in [0, 0.1) is 11.6 Å². The smallest absolute Gasteiger partial charge is 0.237 e. The topological polar surface area (TPSA) is 75.6 Å². The molecule has 1 aliphatic rings. The van der Waals surface area contributed by atoms with Gasteiger partial charge in [0.05, 0.1) is 10.9 Å². The number of aromatic amines is 1. The molecule has 2 aromatic carbocycles. The number of hydrogen-bond donors (Lipinski definition) is 2. The lowest BCUT2D eigenvalue weighted by Gasteiger charge is -2.13. The van der Waals surface area contributed by atoms with Crippen molar-refractivity contribution in [1.29, 1.82) is 0 Å². The maximum Gasteiger partial charge on any atom is 0.237 e. The Morgan fingerprint density at radius 1 is 1.23 bits per heavy atom. The van der Waals surface area contributed by atoms with Crippen LogP contribution in [0.25, 0.3) is 22.3 Å². The fraction of sp³-hybridized carbons (Fsp3) is 0.227. The minimum Gasteiger partial charge on any atom is -0.360 e. The van der Waals surface area contributed by atoms with Gasteiger partial charge in [-0.1, -0.05) is 30.0 Å². The monoisotopic (exact) mass is 439 g/mol. The summed E-state index contributed by atoms with van der Waals surface area (Å²) in [7, 11) is 0. The summed E-state index contributed by atoms with van der Waals surface area (Å²) in [4.78, 5) is 15.9. The molecule has 1 aliphatic carbocycles. The predicted octanol–water partition coefficient (Wildman–Crippen LogP) is 5.16. The highest BCUT2D eigenvalue weighted by atomic mass is 32.2. The maximum atomic E-state index is 13.9. The molecule has 2 heterocycles. The number of nitrogens with one attached hydrogen (secondary N) is 2. The first-order valence-electron chi connectivity index (χ1n) is 9.95. The third-order valence-corrected chi connectivity index (χ3v) is 6.30. The number of anilines is 1. The Kier molecular flexibility index (Phi) is 4.97. The largest absolute Gasteiger partial charge is 0.360 e. The second-order valence-corrected chi connectivity index (χ2v) is 8.84. The van der Waals surface area contributed by atoms with Crippen molar-refractivity contribution in [3.63, 3.8) is 0 Å². The molecular weight excluding hydrogens is 420 g/mol. The number of hydrogen-bond acceptors (Lipinski definition) is 4. The molecule has 1 saturated carbocycles. The number of carbonyl (C=O) groups excluding carboxylic acids is 1. The van der Waals surface area contributed by atoms with E-state index < -0.39 is 22.8 Å². The number of nitrogens with zero attached hydrogens (tertiary/aromatic N) is 3. The van der Waals surface area contributed by atoms with Crippen LogP contribution in [0.3, 0.4) is 0 Å². The van der Waals surface area contributed by atoms with Gasteiger partial charge in [-0.15, -0.1) is 10.2 Å². The van der Waals surface area contributed by atoms with Crippen molar-refractivity contribution < 1.29 is 13.6 Å². The van der Waals surface area contributed by atoms with E-state index in [1.807, 2.05) is 30.5 Å². The van der Waals surface area contributed by atoms with Crippen molar-refractivity contribution >= 4 is 34.3 Å². The molecule has 1 atom stereocenters. The highest BCUT2D eigenvalue weighted by molar-refractivity contribution is 8.00. The molecule has 0 radical (unpaired) electrons. The Morgan fingerprint density at radius 3 is 2.81 bits per heavy atom. The zero-order valence-electron chi connectivity index (χ0n) is 16.6. The van der Waals surface area contributed by atoms with E-state index in [0.717, 1.165) is 47.3 Å². The quantitative estimate of drug-likeness (QED) is 0.407. The van der Waals surface area contributed by atoms with E-state index in [4.69, 9.17) is 0 Å². The molecular formula is C22H19F2N5OS. The highest BCUT2D eigenvalue weighted by Crippen LogP contribution is 2.42. The third-order valence-electron chi connectivity index (χ3n) is 5.25. The zero-order chi connectivity index (χ0) is 21.5. The molecule has 1 fully saturated rings. The second-order valence-electron chi connectivity index (χ2n) is 7.53. The summed E-state index contributed by atoms with van der Waals surface area (Å²) >= 11 is 1.27. The summed E-state index contributed by atoms with van der Waals surface area (Å²) in [5.74, 6) is -1.14. The van der Waals surface area contributed by atoms with Crippen LogP contribution in [-0.2, 0) is 4.79 Å². The van der Waals surface area contributed by atoms with Gasteiger partial charge in [0.15, 0.2) is 11.0 Å². The number of H-pyrrole nitrogens is 1. The lowest BCUT2D eigenvalue weighted by molar-refractivity contribution is -0.115. The summed E-state index contributed by atoms with van der Waals surface area (Å²) in [5.41, 5.74) is 1.93. The Morgan fingerprint density at radius 2 is 2.03 bits per heavy atom. The Balaban J connectivity index is 1.40. The minimum atomic E-state index is -0.812. The number of rotatable bonds is 6. The Labute approximate surface area is 181 Å². The molecule has 1 amide bonds. The van der Waals surface area contributed by atoms with Gasteiger partial charge in [-0.2, -0.15) is 0 Å². The van der Waals surface area contributed by atoms with E-state index in [-0.39, 0.29) is 5.69 Å². The number of amides is 1.